The number of rotatable bonds is 8. The Balaban J connectivity index is 2.13. The first-order valence-electron chi connectivity index (χ1n) is 6.90. The van der Waals surface area contributed by atoms with Gasteiger partial charge in [0.1, 0.15) is 5.82 Å². The van der Waals surface area contributed by atoms with Gasteiger partial charge in [-0.05, 0) is 25.7 Å². The molecule has 1 aromatic heterocycles. The highest BCUT2D eigenvalue weighted by atomic mass is 32.2. The molecular weight excluding hydrogens is 262 g/mol. The summed E-state index contributed by atoms with van der Waals surface area (Å²) < 4.78 is 2.15. The minimum absolute atomic E-state index is 0.0421. The Morgan fingerprint density at radius 2 is 2.26 bits per heavy atom. The Labute approximate surface area is 117 Å². The summed E-state index contributed by atoms with van der Waals surface area (Å²) in [6, 6.07) is 0.361. The Morgan fingerprint density at radius 3 is 2.84 bits per heavy atom. The molecule has 1 atom stereocenters. The number of nitrogens with zero attached hydrogens (tertiary/aromatic N) is 3. The number of carboxylic acids is 1. The second kappa shape index (κ2) is 6.41. The molecule has 0 radical (unpaired) electrons. The molecule has 1 N–H and O–H groups in total. The first-order valence-corrected chi connectivity index (χ1v) is 7.88. The zero-order valence-electron chi connectivity index (χ0n) is 11.5. The summed E-state index contributed by atoms with van der Waals surface area (Å²) in [4.78, 5) is 10.7. The van der Waals surface area contributed by atoms with Gasteiger partial charge in [-0.3, -0.25) is 4.79 Å². The lowest BCUT2D eigenvalue weighted by atomic mass is 10.1. The molecule has 1 fully saturated rings. The van der Waals surface area contributed by atoms with E-state index >= 15 is 0 Å². The van der Waals surface area contributed by atoms with Crippen molar-refractivity contribution in [2.75, 3.05) is 5.75 Å². The molecule has 0 aliphatic heterocycles. The molecule has 1 heterocycles. The van der Waals surface area contributed by atoms with Gasteiger partial charge < -0.3 is 9.67 Å². The molecule has 0 bridgehead atoms. The van der Waals surface area contributed by atoms with Crippen LogP contribution in [-0.4, -0.2) is 31.6 Å². The molecule has 1 saturated carbocycles. The van der Waals surface area contributed by atoms with E-state index in [-0.39, 0.29) is 5.75 Å². The predicted molar refractivity (Wildman–Crippen MR) is 74.4 cm³/mol. The van der Waals surface area contributed by atoms with Crippen LogP contribution >= 0.6 is 11.8 Å². The quantitative estimate of drug-likeness (QED) is 0.743. The third-order valence-corrected chi connectivity index (χ3v) is 4.27. The molecule has 0 amide bonds. The van der Waals surface area contributed by atoms with Crippen LogP contribution in [0.1, 0.15) is 51.4 Å². The summed E-state index contributed by atoms with van der Waals surface area (Å²) in [5, 5.41) is 17.9. The van der Waals surface area contributed by atoms with Crippen LogP contribution in [0.5, 0.6) is 0 Å². The molecule has 0 spiro atoms. The Hall–Kier alpha value is -1.04. The highest BCUT2D eigenvalue weighted by Crippen LogP contribution is 2.38. The van der Waals surface area contributed by atoms with Gasteiger partial charge in [-0.25, -0.2) is 0 Å². The molecule has 0 aromatic carbocycles. The van der Waals surface area contributed by atoms with Gasteiger partial charge in [0, 0.05) is 12.5 Å². The van der Waals surface area contributed by atoms with Gasteiger partial charge in [0.25, 0.3) is 0 Å². The van der Waals surface area contributed by atoms with Crippen molar-refractivity contribution in [1.29, 1.82) is 0 Å². The van der Waals surface area contributed by atoms with Gasteiger partial charge >= 0.3 is 5.97 Å². The number of hydrogen-bond acceptors (Lipinski definition) is 4. The largest absolute Gasteiger partial charge is 0.481 e. The van der Waals surface area contributed by atoms with Crippen LogP contribution < -0.4 is 0 Å². The summed E-state index contributed by atoms with van der Waals surface area (Å²) in [7, 11) is 0. The SMILES string of the molecule is CCCc1nnc(SCC(=O)O)n1C(C)CC1CC1. The lowest BCUT2D eigenvalue weighted by Gasteiger charge is -2.17. The monoisotopic (exact) mass is 283 g/mol. The molecule has 19 heavy (non-hydrogen) atoms. The molecule has 1 aliphatic carbocycles. The molecule has 6 heteroatoms. The summed E-state index contributed by atoms with van der Waals surface area (Å²) in [6.07, 6.45) is 5.73. The molecule has 106 valence electrons. The molecule has 5 nitrogen and oxygen atoms in total. The predicted octanol–water partition coefficient (Wildman–Crippen LogP) is 2.77. The van der Waals surface area contributed by atoms with Crippen molar-refractivity contribution in [3.63, 3.8) is 0 Å². The van der Waals surface area contributed by atoms with Crippen LogP contribution in [0, 0.1) is 5.92 Å². The molecule has 1 aliphatic rings. The summed E-state index contributed by atoms with van der Waals surface area (Å²) in [5.41, 5.74) is 0. The van der Waals surface area contributed by atoms with Crippen LogP contribution in [0.2, 0.25) is 0 Å². The van der Waals surface area contributed by atoms with E-state index in [9.17, 15) is 4.79 Å². The van der Waals surface area contributed by atoms with E-state index in [0.29, 0.717) is 6.04 Å². The lowest BCUT2D eigenvalue weighted by Crippen LogP contribution is -2.12. The van der Waals surface area contributed by atoms with E-state index in [2.05, 4.69) is 28.6 Å². The van der Waals surface area contributed by atoms with E-state index in [1.54, 1.807) is 0 Å². The van der Waals surface area contributed by atoms with Gasteiger partial charge in [-0.15, -0.1) is 10.2 Å². The first-order chi connectivity index (χ1) is 9.11. The summed E-state index contributed by atoms with van der Waals surface area (Å²) in [6.45, 7) is 4.31. The van der Waals surface area contributed by atoms with E-state index in [1.807, 2.05) is 0 Å². The van der Waals surface area contributed by atoms with Crippen molar-refractivity contribution >= 4 is 17.7 Å². The van der Waals surface area contributed by atoms with Crippen LogP contribution in [-0.2, 0) is 11.2 Å². The van der Waals surface area contributed by atoms with Crippen LogP contribution in [0.25, 0.3) is 0 Å². The summed E-state index contributed by atoms with van der Waals surface area (Å²) >= 11 is 1.27. The highest BCUT2D eigenvalue weighted by Gasteiger charge is 2.27. The van der Waals surface area contributed by atoms with E-state index in [1.165, 1.54) is 24.6 Å². The van der Waals surface area contributed by atoms with Crippen molar-refractivity contribution in [3.8, 4) is 0 Å². The smallest absolute Gasteiger partial charge is 0.313 e. The fraction of sp³-hybridized carbons (Fsp3) is 0.769. The minimum Gasteiger partial charge on any atom is -0.481 e. The lowest BCUT2D eigenvalue weighted by molar-refractivity contribution is -0.133. The van der Waals surface area contributed by atoms with Crippen LogP contribution in [0.15, 0.2) is 5.16 Å². The Morgan fingerprint density at radius 1 is 1.53 bits per heavy atom. The maximum atomic E-state index is 10.7. The van der Waals surface area contributed by atoms with Crippen molar-refractivity contribution in [2.45, 2.75) is 57.1 Å². The number of aryl methyl sites for hydroxylation is 1. The number of hydrogen-bond donors (Lipinski definition) is 1. The van der Waals surface area contributed by atoms with Crippen molar-refractivity contribution in [3.05, 3.63) is 5.82 Å². The third-order valence-electron chi connectivity index (χ3n) is 3.35. The van der Waals surface area contributed by atoms with Crippen LogP contribution in [0.4, 0.5) is 0 Å². The second-order valence-electron chi connectivity index (χ2n) is 5.23. The van der Waals surface area contributed by atoms with E-state index in [4.69, 9.17) is 5.11 Å². The number of thioether (sulfide) groups is 1. The number of aliphatic carboxylic acids is 1. The second-order valence-corrected chi connectivity index (χ2v) is 6.17. The average molecular weight is 283 g/mol. The fourth-order valence-electron chi connectivity index (χ4n) is 2.31. The van der Waals surface area contributed by atoms with Gasteiger partial charge in [0.2, 0.25) is 0 Å². The van der Waals surface area contributed by atoms with Crippen molar-refractivity contribution in [2.24, 2.45) is 5.92 Å². The molecule has 2 rings (SSSR count). The molecule has 1 unspecified atom stereocenters. The number of carbonyl (C=O) groups is 1. The standard InChI is InChI=1S/C13H21N3O2S/c1-3-4-11-14-15-13(19-8-12(17)18)16(11)9(2)7-10-5-6-10/h9-10H,3-8H2,1-2H3,(H,17,18). The third kappa shape index (κ3) is 3.96. The fourth-order valence-corrected chi connectivity index (χ4v) is 3.09. The zero-order valence-corrected chi connectivity index (χ0v) is 12.3. The highest BCUT2D eigenvalue weighted by molar-refractivity contribution is 7.99. The zero-order chi connectivity index (χ0) is 13.8. The normalized spacial score (nSPS) is 16.5. The average Bonchev–Trinajstić information content (AvgIpc) is 3.06. The summed E-state index contributed by atoms with van der Waals surface area (Å²) in [5.74, 6) is 1.06. The maximum absolute atomic E-state index is 10.7. The molecule has 1 aromatic rings. The number of carboxylic acid groups (broad SMARTS) is 1. The topological polar surface area (TPSA) is 68.0 Å². The van der Waals surface area contributed by atoms with Crippen LogP contribution in [0.3, 0.4) is 0 Å². The van der Waals surface area contributed by atoms with Gasteiger partial charge in [-0.2, -0.15) is 0 Å². The Kier molecular flexibility index (Phi) is 4.85. The van der Waals surface area contributed by atoms with Gasteiger partial charge in [0.05, 0.1) is 5.75 Å². The van der Waals surface area contributed by atoms with E-state index < -0.39 is 5.97 Å². The van der Waals surface area contributed by atoms with Crippen molar-refractivity contribution < 1.29 is 9.90 Å². The first kappa shape index (κ1) is 14.4. The minimum atomic E-state index is -0.813. The molecular formula is C13H21N3O2S. The van der Waals surface area contributed by atoms with Gasteiger partial charge in [0.15, 0.2) is 5.16 Å². The van der Waals surface area contributed by atoms with E-state index in [0.717, 1.165) is 36.2 Å². The van der Waals surface area contributed by atoms with Gasteiger partial charge in [-0.1, -0.05) is 31.5 Å². The molecule has 0 saturated heterocycles. The Bertz CT molecular complexity index is 443. The number of aromatic nitrogens is 3. The maximum Gasteiger partial charge on any atom is 0.313 e. The van der Waals surface area contributed by atoms with Crippen molar-refractivity contribution in [1.82, 2.24) is 14.8 Å².